The van der Waals surface area contributed by atoms with Crippen LogP contribution < -0.4 is 0 Å². The van der Waals surface area contributed by atoms with Gasteiger partial charge in [-0.3, -0.25) is 0 Å². The van der Waals surface area contributed by atoms with Crippen molar-refractivity contribution < 1.29 is 5.11 Å². The highest BCUT2D eigenvalue weighted by molar-refractivity contribution is 4.75. The van der Waals surface area contributed by atoms with Crippen LogP contribution in [0.25, 0.3) is 0 Å². The van der Waals surface area contributed by atoms with Gasteiger partial charge in [0.25, 0.3) is 0 Å². The van der Waals surface area contributed by atoms with E-state index in [0.29, 0.717) is 5.92 Å². The van der Waals surface area contributed by atoms with E-state index >= 15 is 0 Å². The fourth-order valence-corrected chi connectivity index (χ4v) is 2.45. The van der Waals surface area contributed by atoms with Crippen molar-refractivity contribution in [3.05, 3.63) is 0 Å². The van der Waals surface area contributed by atoms with Crippen molar-refractivity contribution in [3.8, 4) is 0 Å². The third-order valence-electron chi connectivity index (χ3n) is 3.62. The number of hydrogen-bond acceptors (Lipinski definition) is 3. The Morgan fingerprint density at radius 3 is 2.25 bits per heavy atom. The summed E-state index contributed by atoms with van der Waals surface area (Å²) in [4.78, 5) is 4.43. The number of aliphatic hydroxyl groups is 1. The van der Waals surface area contributed by atoms with Crippen molar-refractivity contribution in [3.63, 3.8) is 0 Å². The average Bonchev–Trinajstić information content (AvgIpc) is 2.27. The van der Waals surface area contributed by atoms with E-state index in [1.165, 1.54) is 32.1 Å². The van der Waals surface area contributed by atoms with Gasteiger partial charge in [-0.05, 0) is 39.9 Å². The first-order chi connectivity index (χ1) is 7.59. The zero-order valence-corrected chi connectivity index (χ0v) is 11.2. The summed E-state index contributed by atoms with van der Waals surface area (Å²) in [5.74, 6) is 0.551. The Bertz CT molecular complexity index is 179. The van der Waals surface area contributed by atoms with E-state index in [-0.39, 0.29) is 6.10 Å². The first-order valence-corrected chi connectivity index (χ1v) is 6.61. The fraction of sp³-hybridized carbons (Fsp3) is 1.00. The molecule has 1 rings (SSSR count). The molecule has 1 aliphatic carbocycles. The lowest BCUT2D eigenvalue weighted by Gasteiger charge is -2.30. The van der Waals surface area contributed by atoms with Gasteiger partial charge in [0.2, 0.25) is 0 Å². The van der Waals surface area contributed by atoms with Crippen LogP contribution in [-0.2, 0) is 0 Å². The van der Waals surface area contributed by atoms with Gasteiger partial charge >= 0.3 is 0 Å². The molecule has 16 heavy (non-hydrogen) atoms. The van der Waals surface area contributed by atoms with Crippen molar-refractivity contribution in [2.45, 2.75) is 38.2 Å². The maximum Gasteiger partial charge on any atom is 0.0695 e. The van der Waals surface area contributed by atoms with Crippen LogP contribution >= 0.6 is 0 Å². The largest absolute Gasteiger partial charge is 0.392 e. The Kier molecular flexibility index (Phi) is 6.32. The summed E-state index contributed by atoms with van der Waals surface area (Å²) in [6.45, 7) is 2.93. The van der Waals surface area contributed by atoms with E-state index in [4.69, 9.17) is 0 Å². The molecule has 0 aromatic heterocycles. The molecule has 0 amide bonds. The Morgan fingerprint density at radius 1 is 1.06 bits per heavy atom. The summed E-state index contributed by atoms with van der Waals surface area (Å²) in [5.41, 5.74) is 0. The highest BCUT2D eigenvalue weighted by atomic mass is 16.3. The standard InChI is InChI=1S/C13H28N2O/c1-14(2)9-10-15(3)11-13(16)12-7-5-4-6-8-12/h12-13,16H,4-11H2,1-3H3. The minimum absolute atomic E-state index is 0.118. The van der Waals surface area contributed by atoms with Crippen LogP contribution in [0.3, 0.4) is 0 Å². The molecule has 3 nitrogen and oxygen atoms in total. The van der Waals surface area contributed by atoms with Crippen LogP contribution in [0, 0.1) is 5.92 Å². The highest BCUT2D eigenvalue weighted by Gasteiger charge is 2.22. The van der Waals surface area contributed by atoms with E-state index in [9.17, 15) is 5.11 Å². The molecule has 1 unspecified atom stereocenters. The van der Waals surface area contributed by atoms with Crippen LogP contribution in [0.2, 0.25) is 0 Å². The molecule has 0 bridgehead atoms. The van der Waals surface area contributed by atoms with E-state index in [1.54, 1.807) is 0 Å². The third kappa shape index (κ3) is 5.28. The van der Waals surface area contributed by atoms with Gasteiger partial charge in [0.1, 0.15) is 0 Å². The summed E-state index contributed by atoms with van der Waals surface area (Å²) in [7, 11) is 6.28. The summed E-state index contributed by atoms with van der Waals surface area (Å²) in [6, 6.07) is 0. The predicted molar refractivity (Wildman–Crippen MR) is 68.6 cm³/mol. The summed E-state index contributed by atoms with van der Waals surface area (Å²) >= 11 is 0. The van der Waals surface area contributed by atoms with Crippen molar-refractivity contribution in [2.75, 3.05) is 40.8 Å². The summed E-state index contributed by atoms with van der Waals surface area (Å²) in [5, 5.41) is 10.2. The van der Waals surface area contributed by atoms with E-state index in [0.717, 1.165) is 19.6 Å². The second kappa shape index (κ2) is 7.25. The zero-order valence-electron chi connectivity index (χ0n) is 11.2. The molecule has 1 aliphatic rings. The van der Waals surface area contributed by atoms with Crippen LogP contribution in [0.1, 0.15) is 32.1 Å². The molecule has 3 heteroatoms. The minimum atomic E-state index is -0.118. The first kappa shape index (κ1) is 13.9. The molecule has 1 fully saturated rings. The number of likely N-dealkylation sites (N-methyl/N-ethyl adjacent to an activating group) is 2. The first-order valence-electron chi connectivity index (χ1n) is 6.61. The second-order valence-electron chi connectivity index (χ2n) is 5.53. The van der Waals surface area contributed by atoms with Crippen molar-refractivity contribution in [1.29, 1.82) is 0 Å². The molecule has 0 saturated heterocycles. The maximum atomic E-state index is 10.2. The lowest BCUT2D eigenvalue weighted by Crippen LogP contribution is -2.38. The smallest absolute Gasteiger partial charge is 0.0695 e. The number of hydrogen-bond donors (Lipinski definition) is 1. The predicted octanol–water partition coefficient (Wildman–Crippen LogP) is 1.42. The van der Waals surface area contributed by atoms with Crippen molar-refractivity contribution >= 4 is 0 Å². The Balaban J connectivity index is 2.18. The summed E-state index contributed by atoms with van der Waals surface area (Å²) in [6.07, 6.45) is 6.31. The van der Waals surface area contributed by atoms with Crippen LogP contribution in [-0.4, -0.2) is 61.8 Å². The van der Waals surface area contributed by atoms with E-state index in [2.05, 4.69) is 30.9 Å². The van der Waals surface area contributed by atoms with Gasteiger partial charge in [-0.15, -0.1) is 0 Å². The average molecular weight is 228 g/mol. The minimum Gasteiger partial charge on any atom is -0.392 e. The molecule has 0 spiro atoms. The van der Waals surface area contributed by atoms with Gasteiger partial charge in [-0.25, -0.2) is 0 Å². The number of aliphatic hydroxyl groups excluding tert-OH is 1. The van der Waals surface area contributed by atoms with Gasteiger partial charge in [0.05, 0.1) is 6.10 Å². The Hall–Kier alpha value is -0.120. The van der Waals surface area contributed by atoms with Crippen molar-refractivity contribution in [2.24, 2.45) is 5.92 Å². The topological polar surface area (TPSA) is 26.7 Å². The van der Waals surface area contributed by atoms with Crippen LogP contribution in [0.4, 0.5) is 0 Å². The SMILES string of the molecule is CN(C)CCN(C)CC(O)C1CCCCC1. The van der Waals surface area contributed by atoms with Gasteiger partial charge < -0.3 is 14.9 Å². The van der Waals surface area contributed by atoms with Gasteiger partial charge in [0.15, 0.2) is 0 Å². The monoisotopic (exact) mass is 228 g/mol. The molecule has 0 aliphatic heterocycles. The lowest BCUT2D eigenvalue weighted by atomic mass is 9.85. The zero-order chi connectivity index (χ0) is 12.0. The van der Waals surface area contributed by atoms with Gasteiger partial charge in [-0.2, -0.15) is 0 Å². The Morgan fingerprint density at radius 2 is 1.69 bits per heavy atom. The maximum absolute atomic E-state index is 10.2. The second-order valence-corrected chi connectivity index (χ2v) is 5.53. The highest BCUT2D eigenvalue weighted by Crippen LogP contribution is 2.26. The van der Waals surface area contributed by atoms with Crippen LogP contribution in [0.15, 0.2) is 0 Å². The van der Waals surface area contributed by atoms with E-state index < -0.39 is 0 Å². The molecule has 0 aromatic carbocycles. The molecule has 96 valence electrons. The molecular weight excluding hydrogens is 200 g/mol. The quantitative estimate of drug-likeness (QED) is 0.745. The normalized spacial score (nSPS) is 20.6. The third-order valence-corrected chi connectivity index (χ3v) is 3.62. The fourth-order valence-electron chi connectivity index (χ4n) is 2.45. The molecule has 0 radical (unpaired) electrons. The van der Waals surface area contributed by atoms with Crippen molar-refractivity contribution in [1.82, 2.24) is 9.80 Å². The van der Waals surface area contributed by atoms with Gasteiger partial charge in [-0.1, -0.05) is 19.3 Å². The van der Waals surface area contributed by atoms with Gasteiger partial charge in [0, 0.05) is 19.6 Å². The van der Waals surface area contributed by atoms with Crippen LogP contribution in [0.5, 0.6) is 0 Å². The molecule has 0 heterocycles. The molecule has 1 atom stereocenters. The Labute approximate surface area is 100 Å². The molecule has 1 N–H and O–H groups in total. The molecule has 0 aromatic rings. The molecule has 1 saturated carbocycles. The summed E-state index contributed by atoms with van der Waals surface area (Å²) < 4.78 is 0. The number of nitrogens with zero attached hydrogens (tertiary/aromatic N) is 2. The number of rotatable bonds is 6. The van der Waals surface area contributed by atoms with E-state index in [1.807, 2.05) is 0 Å². The lowest BCUT2D eigenvalue weighted by molar-refractivity contribution is 0.0535. The molecular formula is C13H28N2O.